The maximum absolute atomic E-state index is 5.99. The molecule has 0 aliphatic carbocycles. The molecule has 2 aromatic carbocycles. The Labute approximate surface area is 121 Å². The summed E-state index contributed by atoms with van der Waals surface area (Å²) in [6, 6.07) is 11.0. The molecule has 0 spiro atoms. The summed E-state index contributed by atoms with van der Waals surface area (Å²) in [7, 11) is 0. The van der Waals surface area contributed by atoms with E-state index >= 15 is 0 Å². The monoisotopic (exact) mass is 288 g/mol. The van der Waals surface area contributed by atoms with Crippen LogP contribution in [0.15, 0.2) is 40.8 Å². The fourth-order valence-corrected chi connectivity index (χ4v) is 2.16. The number of nitrogens with zero attached hydrogens (tertiary/aromatic N) is 1. The molecule has 0 bridgehead atoms. The first-order valence-corrected chi connectivity index (χ1v) is 6.64. The van der Waals surface area contributed by atoms with Gasteiger partial charge < -0.3 is 14.9 Å². The van der Waals surface area contributed by atoms with Crippen LogP contribution in [0.3, 0.4) is 0 Å². The number of fused-ring (bicyclic) bond motifs is 1. The van der Waals surface area contributed by atoms with E-state index in [-0.39, 0.29) is 0 Å². The Morgan fingerprint density at radius 3 is 2.90 bits per heavy atom. The van der Waals surface area contributed by atoms with E-state index < -0.39 is 0 Å². The molecule has 0 fully saturated rings. The predicted octanol–water partition coefficient (Wildman–Crippen LogP) is 4.13. The third-order valence-electron chi connectivity index (χ3n) is 2.92. The van der Waals surface area contributed by atoms with E-state index in [2.05, 4.69) is 4.98 Å². The molecule has 1 aromatic heterocycles. The van der Waals surface area contributed by atoms with Crippen LogP contribution in [0.25, 0.3) is 22.6 Å². The highest BCUT2D eigenvalue weighted by Crippen LogP contribution is 2.33. The van der Waals surface area contributed by atoms with Crippen LogP contribution >= 0.6 is 11.6 Å². The molecule has 102 valence electrons. The molecule has 0 aliphatic rings. The second-order valence-corrected chi connectivity index (χ2v) is 4.70. The lowest BCUT2D eigenvalue weighted by atomic mass is 10.2. The van der Waals surface area contributed by atoms with Crippen molar-refractivity contribution in [2.75, 3.05) is 12.3 Å². The van der Waals surface area contributed by atoms with E-state index in [0.29, 0.717) is 34.3 Å². The summed E-state index contributed by atoms with van der Waals surface area (Å²) in [5, 5.41) is 0.468. The van der Waals surface area contributed by atoms with E-state index in [9.17, 15) is 0 Å². The van der Waals surface area contributed by atoms with Gasteiger partial charge in [-0.2, -0.15) is 0 Å². The van der Waals surface area contributed by atoms with Gasteiger partial charge in [0.2, 0.25) is 5.89 Å². The van der Waals surface area contributed by atoms with Crippen LogP contribution in [0, 0.1) is 0 Å². The lowest BCUT2D eigenvalue weighted by Gasteiger charge is -2.06. The maximum Gasteiger partial charge on any atom is 0.231 e. The summed E-state index contributed by atoms with van der Waals surface area (Å²) in [4.78, 5) is 4.44. The number of ether oxygens (including phenoxy) is 1. The smallest absolute Gasteiger partial charge is 0.231 e. The van der Waals surface area contributed by atoms with E-state index in [1.807, 2.05) is 31.2 Å². The average molecular weight is 289 g/mol. The molecule has 0 aliphatic heterocycles. The summed E-state index contributed by atoms with van der Waals surface area (Å²) in [6.07, 6.45) is 0. The van der Waals surface area contributed by atoms with Gasteiger partial charge in [0, 0.05) is 6.07 Å². The van der Waals surface area contributed by atoms with Crippen molar-refractivity contribution in [2.45, 2.75) is 6.92 Å². The number of anilines is 1. The van der Waals surface area contributed by atoms with Gasteiger partial charge in [-0.3, -0.25) is 0 Å². The van der Waals surface area contributed by atoms with Crippen LogP contribution in [0.5, 0.6) is 5.75 Å². The van der Waals surface area contributed by atoms with Crippen molar-refractivity contribution >= 4 is 28.4 Å². The van der Waals surface area contributed by atoms with Crippen molar-refractivity contribution in [1.82, 2.24) is 4.98 Å². The Bertz CT molecular complexity index is 729. The molecular formula is C15H13ClN2O2. The zero-order valence-electron chi connectivity index (χ0n) is 10.9. The molecule has 3 aromatic rings. The fourth-order valence-electron chi connectivity index (χ4n) is 2.00. The van der Waals surface area contributed by atoms with Crippen LogP contribution in [0.4, 0.5) is 5.69 Å². The summed E-state index contributed by atoms with van der Waals surface area (Å²) in [6.45, 7) is 2.51. The number of para-hydroxylation sites is 1. The normalized spacial score (nSPS) is 10.9. The molecule has 2 N–H and O–H groups in total. The zero-order valence-corrected chi connectivity index (χ0v) is 11.6. The topological polar surface area (TPSA) is 61.3 Å². The highest BCUT2D eigenvalue weighted by Gasteiger charge is 2.14. The number of nitrogen functional groups attached to an aromatic ring is 1. The largest absolute Gasteiger partial charge is 0.493 e. The zero-order chi connectivity index (χ0) is 14.1. The van der Waals surface area contributed by atoms with Crippen molar-refractivity contribution < 1.29 is 9.15 Å². The van der Waals surface area contributed by atoms with E-state index in [0.717, 1.165) is 11.3 Å². The first-order valence-electron chi connectivity index (χ1n) is 6.27. The molecule has 0 radical (unpaired) electrons. The SMILES string of the molecule is CCOc1ccccc1-c1nc2cc(Cl)c(N)cc2o1. The van der Waals surface area contributed by atoms with Crippen LogP contribution in [-0.4, -0.2) is 11.6 Å². The number of hydrogen-bond acceptors (Lipinski definition) is 4. The van der Waals surface area contributed by atoms with E-state index in [1.165, 1.54) is 0 Å². The van der Waals surface area contributed by atoms with Gasteiger partial charge in [-0.25, -0.2) is 4.98 Å². The lowest BCUT2D eigenvalue weighted by Crippen LogP contribution is -1.93. The van der Waals surface area contributed by atoms with Gasteiger partial charge in [-0.05, 0) is 25.1 Å². The van der Waals surface area contributed by atoms with E-state index in [1.54, 1.807) is 12.1 Å². The Kier molecular flexibility index (Phi) is 3.24. The lowest BCUT2D eigenvalue weighted by molar-refractivity contribution is 0.340. The molecular weight excluding hydrogens is 276 g/mol. The molecule has 0 saturated carbocycles. The third kappa shape index (κ3) is 2.18. The highest BCUT2D eigenvalue weighted by atomic mass is 35.5. The first-order chi connectivity index (χ1) is 9.69. The average Bonchev–Trinajstić information content (AvgIpc) is 2.83. The highest BCUT2D eigenvalue weighted by molar-refractivity contribution is 6.33. The van der Waals surface area contributed by atoms with Gasteiger partial charge in [0.05, 0.1) is 22.9 Å². The van der Waals surface area contributed by atoms with Gasteiger partial charge in [0.1, 0.15) is 11.3 Å². The van der Waals surface area contributed by atoms with Gasteiger partial charge in [-0.1, -0.05) is 23.7 Å². The van der Waals surface area contributed by atoms with Crippen LogP contribution in [0.1, 0.15) is 6.92 Å². The predicted molar refractivity (Wildman–Crippen MR) is 80.0 cm³/mol. The van der Waals surface area contributed by atoms with Crippen molar-refractivity contribution in [2.24, 2.45) is 0 Å². The van der Waals surface area contributed by atoms with Crippen molar-refractivity contribution in [3.05, 3.63) is 41.4 Å². The van der Waals surface area contributed by atoms with Gasteiger partial charge in [0.25, 0.3) is 0 Å². The Morgan fingerprint density at radius 1 is 1.30 bits per heavy atom. The molecule has 5 heteroatoms. The Hall–Kier alpha value is -2.20. The minimum atomic E-state index is 0.468. The van der Waals surface area contributed by atoms with Crippen molar-refractivity contribution in [3.8, 4) is 17.2 Å². The molecule has 4 nitrogen and oxygen atoms in total. The first kappa shape index (κ1) is 12.8. The van der Waals surface area contributed by atoms with E-state index in [4.69, 9.17) is 26.5 Å². The molecule has 20 heavy (non-hydrogen) atoms. The summed E-state index contributed by atoms with van der Waals surface area (Å²) in [5.41, 5.74) is 8.32. The quantitative estimate of drug-likeness (QED) is 0.736. The molecule has 3 rings (SSSR count). The minimum Gasteiger partial charge on any atom is -0.493 e. The number of benzene rings is 2. The molecule has 0 unspecified atom stereocenters. The van der Waals surface area contributed by atoms with Gasteiger partial charge >= 0.3 is 0 Å². The molecule has 0 atom stereocenters. The van der Waals surface area contributed by atoms with Crippen LogP contribution in [0.2, 0.25) is 5.02 Å². The van der Waals surface area contributed by atoms with Crippen molar-refractivity contribution in [3.63, 3.8) is 0 Å². The van der Waals surface area contributed by atoms with Gasteiger partial charge in [0.15, 0.2) is 5.58 Å². The van der Waals surface area contributed by atoms with Crippen LogP contribution in [-0.2, 0) is 0 Å². The maximum atomic E-state index is 5.99. The third-order valence-corrected chi connectivity index (χ3v) is 3.25. The number of aromatic nitrogens is 1. The van der Waals surface area contributed by atoms with Crippen molar-refractivity contribution in [1.29, 1.82) is 0 Å². The molecule has 0 saturated heterocycles. The number of halogens is 1. The summed E-state index contributed by atoms with van der Waals surface area (Å²) in [5.74, 6) is 1.23. The minimum absolute atomic E-state index is 0.468. The summed E-state index contributed by atoms with van der Waals surface area (Å²) >= 11 is 5.99. The molecule has 0 amide bonds. The number of rotatable bonds is 3. The Morgan fingerprint density at radius 2 is 2.10 bits per heavy atom. The standard InChI is InChI=1S/C15H13ClN2O2/c1-2-19-13-6-4-3-5-9(13)15-18-12-7-10(16)11(17)8-14(12)20-15/h3-8H,2,17H2,1H3. The van der Waals surface area contributed by atoms with Crippen LogP contribution < -0.4 is 10.5 Å². The summed E-state index contributed by atoms with van der Waals surface area (Å²) < 4.78 is 11.3. The molecule has 1 heterocycles. The van der Waals surface area contributed by atoms with Gasteiger partial charge in [-0.15, -0.1) is 0 Å². The number of hydrogen-bond donors (Lipinski definition) is 1. The fraction of sp³-hybridized carbons (Fsp3) is 0.133. The Balaban J connectivity index is 2.15. The second-order valence-electron chi connectivity index (χ2n) is 4.29. The number of oxazole rings is 1. The second kappa shape index (κ2) is 5.06. The number of nitrogens with two attached hydrogens (primary N) is 1.